The zero-order chi connectivity index (χ0) is 25.5. The first kappa shape index (κ1) is 20.9. The molecule has 39 heavy (non-hydrogen) atoms. The van der Waals surface area contributed by atoms with E-state index >= 15 is 0 Å². The van der Waals surface area contributed by atoms with E-state index in [1.54, 1.807) is 11.3 Å². The van der Waals surface area contributed by atoms with Crippen LogP contribution in [0.5, 0.6) is 0 Å². The molecular weight excluding hydrogens is 502 g/mol. The summed E-state index contributed by atoms with van der Waals surface area (Å²) in [6, 6.07) is 22.9. The molecule has 0 saturated heterocycles. The largest absolute Gasteiger partial charge is 0.454 e. The van der Waals surface area contributed by atoms with Crippen molar-refractivity contribution in [3.05, 3.63) is 104 Å². The lowest BCUT2D eigenvalue weighted by Crippen LogP contribution is -1.93. The number of furan rings is 1. The Kier molecular flexibility index (Phi) is 4.11. The molecular formula is C32H17N5OS. The summed E-state index contributed by atoms with van der Waals surface area (Å²) < 4.78 is 10.9. The van der Waals surface area contributed by atoms with Gasteiger partial charge in [-0.15, -0.1) is 11.3 Å². The highest BCUT2D eigenvalue weighted by Gasteiger charge is 2.19. The fourth-order valence-corrected chi connectivity index (χ4v) is 6.97. The van der Waals surface area contributed by atoms with Crippen molar-refractivity contribution >= 4 is 75.5 Å². The number of thiophene rings is 1. The van der Waals surface area contributed by atoms with Crippen molar-refractivity contribution in [1.82, 2.24) is 24.5 Å². The summed E-state index contributed by atoms with van der Waals surface area (Å²) in [7, 11) is 0. The number of nitrogens with zero attached hydrogens (tertiary/aromatic N) is 5. The van der Waals surface area contributed by atoms with Crippen LogP contribution in [0.25, 0.3) is 81.0 Å². The molecule has 9 rings (SSSR count). The number of para-hydroxylation sites is 1. The number of hydrogen-bond acceptors (Lipinski definition) is 6. The molecule has 0 bridgehead atoms. The summed E-state index contributed by atoms with van der Waals surface area (Å²) in [6.45, 7) is 0. The normalized spacial score (nSPS) is 12.1. The van der Waals surface area contributed by atoms with E-state index in [4.69, 9.17) is 9.40 Å². The predicted molar refractivity (Wildman–Crippen MR) is 158 cm³/mol. The number of fused-ring (bicyclic) bond motifs is 9. The lowest BCUT2D eigenvalue weighted by Gasteiger charge is -2.08. The average Bonchev–Trinajstić information content (AvgIpc) is 3.66. The standard InChI is InChI=1S/C32H17N5OS/c1-2-4-27-21(3-1)29-31(38-27)19(7-13-35-29)20-8-14-36-30-22-15-18(5-6-28(22)39-32(20)30)37-25-9-11-33-16-23(25)24-17-34-12-10-26(24)37/h1-17H. The van der Waals surface area contributed by atoms with Gasteiger partial charge < -0.3 is 8.98 Å². The number of aromatic nitrogens is 5. The first-order valence-electron chi connectivity index (χ1n) is 12.6. The van der Waals surface area contributed by atoms with Gasteiger partial charge in [0.2, 0.25) is 0 Å². The van der Waals surface area contributed by atoms with Gasteiger partial charge in [-0.25, -0.2) is 0 Å². The van der Waals surface area contributed by atoms with E-state index in [9.17, 15) is 0 Å². The Balaban J connectivity index is 1.31. The Morgan fingerprint density at radius 2 is 1.38 bits per heavy atom. The fourth-order valence-electron chi connectivity index (χ4n) is 5.80. The maximum Gasteiger partial charge on any atom is 0.161 e. The van der Waals surface area contributed by atoms with E-state index in [2.05, 4.69) is 62.0 Å². The van der Waals surface area contributed by atoms with Crippen LogP contribution in [0.2, 0.25) is 0 Å². The van der Waals surface area contributed by atoms with Crippen LogP contribution in [0.4, 0.5) is 0 Å². The Labute approximate surface area is 224 Å². The van der Waals surface area contributed by atoms with E-state index in [1.807, 2.05) is 61.4 Å². The van der Waals surface area contributed by atoms with Gasteiger partial charge in [0, 0.05) is 80.2 Å². The summed E-state index contributed by atoms with van der Waals surface area (Å²) >= 11 is 1.76. The second-order valence-electron chi connectivity index (χ2n) is 9.57. The number of hydrogen-bond donors (Lipinski definition) is 0. The summed E-state index contributed by atoms with van der Waals surface area (Å²) in [6.07, 6.45) is 11.3. The molecule has 0 unspecified atom stereocenters. The number of benzene rings is 2. The van der Waals surface area contributed by atoms with E-state index in [0.717, 1.165) is 76.3 Å². The molecule has 0 N–H and O–H groups in total. The summed E-state index contributed by atoms with van der Waals surface area (Å²) in [4.78, 5) is 18.2. The van der Waals surface area contributed by atoms with E-state index in [-0.39, 0.29) is 0 Å². The summed E-state index contributed by atoms with van der Waals surface area (Å²) in [5, 5.41) is 4.33. The van der Waals surface area contributed by atoms with Crippen LogP contribution in [-0.4, -0.2) is 24.5 Å². The summed E-state index contributed by atoms with van der Waals surface area (Å²) in [5.74, 6) is 0. The van der Waals surface area contributed by atoms with Crippen molar-refractivity contribution in [2.45, 2.75) is 0 Å². The quantitative estimate of drug-likeness (QED) is 0.230. The van der Waals surface area contributed by atoms with Gasteiger partial charge in [0.05, 0.1) is 21.3 Å². The Hall–Kier alpha value is -5.14. The molecule has 0 fully saturated rings. The van der Waals surface area contributed by atoms with Crippen molar-refractivity contribution < 1.29 is 4.42 Å². The molecule has 9 aromatic rings. The molecule has 0 atom stereocenters. The van der Waals surface area contributed by atoms with Crippen molar-refractivity contribution in [2.24, 2.45) is 0 Å². The Morgan fingerprint density at radius 1 is 0.641 bits per heavy atom. The van der Waals surface area contributed by atoms with Crippen molar-refractivity contribution in [1.29, 1.82) is 0 Å². The monoisotopic (exact) mass is 519 g/mol. The highest BCUT2D eigenvalue weighted by atomic mass is 32.1. The Bertz CT molecular complexity index is 2360. The van der Waals surface area contributed by atoms with Crippen molar-refractivity contribution in [3.8, 4) is 16.8 Å². The molecule has 0 saturated carbocycles. The lowest BCUT2D eigenvalue weighted by atomic mass is 10.1. The summed E-state index contributed by atoms with van der Waals surface area (Å²) in [5.41, 5.74) is 8.92. The molecule has 7 aromatic heterocycles. The zero-order valence-corrected chi connectivity index (χ0v) is 21.2. The van der Waals surface area contributed by atoms with Gasteiger partial charge >= 0.3 is 0 Å². The van der Waals surface area contributed by atoms with E-state index < -0.39 is 0 Å². The predicted octanol–water partition coefficient (Wildman–Crippen LogP) is 8.30. The van der Waals surface area contributed by atoms with Crippen molar-refractivity contribution in [3.63, 3.8) is 0 Å². The minimum absolute atomic E-state index is 0.803. The molecule has 7 heterocycles. The third-order valence-electron chi connectivity index (χ3n) is 7.51. The minimum atomic E-state index is 0.803. The minimum Gasteiger partial charge on any atom is -0.454 e. The third-order valence-corrected chi connectivity index (χ3v) is 8.70. The van der Waals surface area contributed by atoms with Crippen LogP contribution in [-0.2, 0) is 0 Å². The van der Waals surface area contributed by atoms with Crippen molar-refractivity contribution in [2.75, 3.05) is 0 Å². The maximum atomic E-state index is 6.32. The van der Waals surface area contributed by atoms with Crippen LogP contribution < -0.4 is 0 Å². The van der Waals surface area contributed by atoms with Gasteiger partial charge in [-0.3, -0.25) is 19.9 Å². The smallest absolute Gasteiger partial charge is 0.161 e. The van der Waals surface area contributed by atoms with Crippen LogP contribution >= 0.6 is 11.3 Å². The molecule has 6 nitrogen and oxygen atoms in total. The van der Waals surface area contributed by atoms with Gasteiger partial charge in [0.1, 0.15) is 11.1 Å². The van der Waals surface area contributed by atoms with Gasteiger partial charge in [-0.1, -0.05) is 12.1 Å². The third kappa shape index (κ3) is 2.85. The average molecular weight is 520 g/mol. The van der Waals surface area contributed by atoms with Crippen LogP contribution in [0.15, 0.2) is 108 Å². The lowest BCUT2D eigenvalue weighted by molar-refractivity contribution is 0.669. The fraction of sp³-hybridized carbons (Fsp3) is 0. The first-order valence-corrected chi connectivity index (χ1v) is 13.4. The molecule has 2 aromatic carbocycles. The molecule has 0 spiro atoms. The molecule has 0 aliphatic carbocycles. The molecule has 0 aliphatic heterocycles. The topological polar surface area (TPSA) is 69.6 Å². The van der Waals surface area contributed by atoms with Gasteiger partial charge in [0.15, 0.2) is 5.58 Å². The van der Waals surface area contributed by atoms with Gasteiger partial charge in [0.25, 0.3) is 0 Å². The number of rotatable bonds is 2. The second-order valence-corrected chi connectivity index (χ2v) is 10.6. The highest BCUT2D eigenvalue weighted by molar-refractivity contribution is 7.26. The van der Waals surface area contributed by atoms with Gasteiger partial charge in [-0.2, -0.15) is 0 Å². The second kappa shape index (κ2) is 7.69. The maximum absolute atomic E-state index is 6.32. The van der Waals surface area contributed by atoms with Crippen LogP contribution in [0.3, 0.4) is 0 Å². The molecule has 0 aliphatic rings. The molecule has 7 heteroatoms. The zero-order valence-electron chi connectivity index (χ0n) is 20.4. The molecule has 0 radical (unpaired) electrons. The SMILES string of the molecule is c1ccc2c(c1)oc1c(-c3ccnc4c3sc3ccc(-n5c6ccncc6c6cnccc65)cc34)ccnc12. The number of pyridine rings is 4. The van der Waals surface area contributed by atoms with E-state index in [1.165, 1.54) is 4.70 Å². The first-order chi connectivity index (χ1) is 19.3. The van der Waals surface area contributed by atoms with Crippen LogP contribution in [0, 0.1) is 0 Å². The van der Waals surface area contributed by atoms with Crippen LogP contribution in [0.1, 0.15) is 0 Å². The molecule has 182 valence electrons. The Morgan fingerprint density at radius 3 is 2.21 bits per heavy atom. The van der Waals surface area contributed by atoms with Gasteiger partial charge in [-0.05, 0) is 54.6 Å². The highest BCUT2D eigenvalue weighted by Crippen LogP contribution is 2.43. The molecule has 0 amide bonds. The van der Waals surface area contributed by atoms with E-state index in [0.29, 0.717) is 0 Å².